The Labute approximate surface area is 156 Å². The van der Waals surface area contributed by atoms with Gasteiger partial charge in [0.25, 0.3) is 0 Å². The molecule has 0 aromatic heterocycles. The molecule has 0 heterocycles. The van der Waals surface area contributed by atoms with Crippen molar-refractivity contribution in [2.75, 3.05) is 6.61 Å². The van der Waals surface area contributed by atoms with Gasteiger partial charge < -0.3 is 4.74 Å². The highest BCUT2D eigenvalue weighted by Crippen LogP contribution is 2.60. The standard InChI is InChI=1S/C23H30O3/c1-3-14(2)13-26-23(25)21-18-10-15-9-17(12-18)20(19(21)11-15)22(24)16-7-5-4-6-8-16/h4-8,14-15,17-21H,3,9-13H2,1-2H3/t14-,15-,17+,18-,19+,20?,21?/m0/s1. The Balaban J connectivity index is 1.55. The number of ether oxygens (including phenoxy) is 1. The molecule has 4 saturated carbocycles. The second-order valence-corrected chi connectivity index (χ2v) is 8.92. The quantitative estimate of drug-likeness (QED) is 0.546. The van der Waals surface area contributed by atoms with E-state index in [1.54, 1.807) is 0 Å². The molecule has 5 rings (SSSR count). The highest BCUT2D eigenvalue weighted by molar-refractivity contribution is 5.98. The van der Waals surface area contributed by atoms with Crippen LogP contribution in [0.4, 0.5) is 0 Å². The summed E-state index contributed by atoms with van der Waals surface area (Å²) < 4.78 is 5.70. The van der Waals surface area contributed by atoms with E-state index in [9.17, 15) is 9.59 Å². The van der Waals surface area contributed by atoms with Gasteiger partial charge in [-0.15, -0.1) is 0 Å². The van der Waals surface area contributed by atoms with Crippen LogP contribution in [-0.4, -0.2) is 18.4 Å². The van der Waals surface area contributed by atoms with Crippen LogP contribution in [0.2, 0.25) is 0 Å². The minimum absolute atomic E-state index is 0.00588. The zero-order valence-corrected chi connectivity index (χ0v) is 15.9. The average Bonchev–Trinajstić information content (AvgIpc) is 2.66. The first-order chi connectivity index (χ1) is 12.6. The minimum atomic E-state index is -0.0653. The number of benzene rings is 1. The van der Waals surface area contributed by atoms with Crippen LogP contribution in [0.25, 0.3) is 0 Å². The SMILES string of the molecule is CC[C@H](C)COC(=O)C1[C@H]2C[C@@H]3C[C@H](C2)C(C(=O)c2ccccc2)[C@H]1C3. The van der Waals surface area contributed by atoms with Gasteiger partial charge in [-0.1, -0.05) is 50.6 Å². The Morgan fingerprint density at radius 3 is 2.42 bits per heavy atom. The highest BCUT2D eigenvalue weighted by Gasteiger charge is 2.58. The summed E-state index contributed by atoms with van der Waals surface area (Å²) in [6, 6.07) is 9.65. The van der Waals surface area contributed by atoms with Crippen molar-refractivity contribution >= 4 is 11.8 Å². The zero-order valence-electron chi connectivity index (χ0n) is 15.9. The van der Waals surface area contributed by atoms with Crippen molar-refractivity contribution < 1.29 is 14.3 Å². The monoisotopic (exact) mass is 354 g/mol. The third-order valence-corrected chi connectivity index (χ3v) is 7.26. The van der Waals surface area contributed by atoms with Gasteiger partial charge in [-0.2, -0.15) is 0 Å². The Morgan fingerprint density at radius 1 is 1.04 bits per heavy atom. The summed E-state index contributed by atoms with van der Waals surface area (Å²) in [5.41, 5.74) is 0.802. The fourth-order valence-electron chi connectivity index (χ4n) is 5.92. The van der Waals surface area contributed by atoms with Crippen molar-refractivity contribution in [3.05, 3.63) is 35.9 Å². The lowest BCUT2D eigenvalue weighted by Gasteiger charge is -2.56. The van der Waals surface area contributed by atoms with Gasteiger partial charge in [0.1, 0.15) is 0 Å². The van der Waals surface area contributed by atoms with E-state index in [1.165, 1.54) is 6.42 Å². The third-order valence-electron chi connectivity index (χ3n) is 7.26. The van der Waals surface area contributed by atoms with Crippen LogP contribution in [0.15, 0.2) is 30.3 Å². The number of rotatable bonds is 6. The Kier molecular flexibility index (Phi) is 4.90. The van der Waals surface area contributed by atoms with Crippen LogP contribution in [0, 0.1) is 41.4 Å². The summed E-state index contributed by atoms with van der Waals surface area (Å²) in [6.45, 7) is 4.75. The van der Waals surface area contributed by atoms with Crippen molar-refractivity contribution in [1.82, 2.24) is 0 Å². The molecule has 0 N–H and O–H groups in total. The van der Waals surface area contributed by atoms with Crippen LogP contribution in [-0.2, 0) is 9.53 Å². The summed E-state index contributed by atoms with van der Waals surface area (Å²) in [5.74, 6) is 2.34. The molecule has 0 spiro atoms. The molecule has 7 atom stereocenters. The summed E-state index contributed by atoms with van der Waals surface area (Å²) in [7, 11) is 0. The van der Waals surface area contributed by atoms with Gasteiger partial charge in [0, 0.05) is 11.5 Å². The molecule has 4 bridgehead atoms. The summed E-state index contributed by atoms with van der Waals surface area (Å²) in [6.07, 6.45) is 5.40. The van der Waals surface area contributed by atoms with E-state index in [-0.39, 0.29) is 29.5 Å². The van der Waals surface area contributed by atoms with Crippen molar-refractivity contribution in [3.63, 3.8) is 0 Å². The molecule has 3 heteroatoms. The van der Waals surface area contributed by atoms with Gasteiger partial charge in [0.05, 0.1) is 12.5 Å². The van der Waals surface area contributed by atoms with E-state index in [4.69, 9.17) is 4.74 Å². The van der Waals surface area contributed by atoms with Crippen molar-refractivity contribution in [1.29, 1.82) is 0 Å². The van der Waals surface area contributed by atoms with E-state index in [0.29, 0.717) is 30.3 Å². The predicted molar refractivity (Wildman–Crippen MR) is 101 cm³/mol. The smallest absolute Gasteiger partial charge is 0.309 e. The number of hydrogen-bond donors (Lipinski definition) is 0. The molecule has 4 aliphatic carbocycles. The largest absolute Gasteiger partial charge is 0.465 e. The molecule has 0 aliphatic heterocycles. The molecule has 0 saturated heterocycles. The van der Waals surface area contributed by atoms with Crippen LogP contribution in [0.5, 0.6) is 0 Å². The van der Waals surface area contributed by atoms with Crippen LogP contribution >= 0.6 is 0 Å². The molecule has 1 aromatic carbocycles. The second-order valence-electron chi connectivity index (χ2n) is 8.92. The molecular weight excluding hydrogens is 324 g/mol. The molecule has 26 heavy (non-hydrogen) atoms. The summed E-state index contributed by atoms with van der Waals surface area (Å²) >= 11 is 0. The first-order valence-electron chi connectivity index (χ1n) is 10.3. The van der Waals surface area contributed by atoms with Crippen LogP contribution in [0.1, 0.15) is 56.3 Å². The molecule has 1 aromatic rings. The van der Waals surface area contributed by atoms with Gasteiger partial charge >= 0.3 is 5.97 Å². The molecule has 4 aliphatic rings. The minimum Gasteiger partial charge on any atom is -0.465 e. The van der Waals surface area contributed by atoms with Crippen LogP contribution in [0.3, 0.4) is 0 Å². The van der Waals surface area contributed by atoms with Crippen molar-refractivity contribution in [3.8, 4) is 0 Å². The molecule has 0 amide bonds. The van der Waals surface area contributed by atoms with Gasteiger partial charge in [0.15, 0.2) is 5.78 Å². The van der Waals surface area contributed by atoms with Crippen LogP contribution < -0.4 is 0 Å². The Bertz CT molecular complexity index is 667. The summed E-state index contributed by atoms with van der Waals surface area (Å²) in [4.78, 5) is 26.2. The number of Topliss-reactive ketones (excluding diaryl/α,β-unsaturated/α-hetero) is 1. The fraction of sp³-hybridized carbons (Fsp3) is 0.652. The Hall–Kier alpha value is -1.64. The number of esters is 1. The van der Waals surface area contributed by atoms with Crippen molar-refractivity contribution in [2.24, 2.45) is 41.4 Å². The summed E-state index contributed by atoms with van der Waals surface area (Å²) in [5, 5.41) is 0. The van der Waals surface area contributed by atoms with E-state index < -0.39 is 0 Å². The third kappa shape index (κ3) is 3.10. The van der Waals surface area contributed by atoms with Crippen molar-refractivity contribution in [2.45, 2.75) is 46.0 Å². The average molecular weight is 354 g/mol. The molecule has 2 unspecified atom stereocenters. The molecular formula is C23H30O3. The maximum Gasteiger partial charge on any atom is 0.309 e. The molecule has 140 valence electrons. The number of carbonyl (C=O) groups excluding carboxylic acids is 2. The second kappa shape index (κ2) is 7.17. The van der Waals surface area contributed by atoms with E-state index in [2.05, 4.69) is 13.8 Å². The first kappa shape index (κ1) is 17.8. The molecule has 4 fully saturated rings. The lowest BCUT2D eigenvalue weighted by molar-refractivity contribution is -0.167. The topological polar surface area (TPSA) is 43.4 Å². The normalized spacial score (nSPS) is 35.9. The fourth-order valence-corrected chi connectivity index (χ4v) is 5.92. The number of carbonyl (C=O) groups is 2. The van der Waals surface area contributed by atoms with Gasteiger partial charge in [0.2, 0.25) is 0 Å². The molecule has 0 radical (unpaired) electrons. The first-order valence-corrected chi connectivity index (χ1v) is 10.3. The van der Waals surface area contributed by atoms with Gasteiger partial charge in [-0.25, -0.2) is 0 Å². The van der Waals surface area contributed by atoms with E-state index in [1.807, 2.05) is 30.3 Å². The predicted octanol–water partition coefficient (Wildman–Crippen LogP) is 4.76. The highest BCUT2D eigenvalue weighted by atomic mass is 16.5. The maximum atomic E-state index is 13.3. The maximum absolute atomic E-state index is 13.3. The lowest BCUT2D eigenvalue weighted by Crippen LogP contribution is -2.55. The van der Waals surface area contributed by atoms with Gasteiger partial charge in [-0.05, 0) is 55.3 Å². The number of ketones is 1. The van der Waals surface area contributed by atoms with E-state index in [0.717, 1.165) is 31.2 Å². The lowest BCUT2D eigenvalue weighted by atomic mass is 9.47. The van der Waals surface area contributed by atoms with Gasteiger partial charge in [-0.3, -0.25) is 9.59 Å². The zero-order chi connectivity index (χ0) is 18.3. The number of hydrogen-bond acceptors (Lipinski definition) is 3. The van der Waals surface area contributed by atoms with E-state index >= 15 is 0 Å². The molecule has 3 nitrogen and oxygen atoms in total. The Morgan fingerprint density at radius 2 is 1.73 bits per heavy atom.